The molecule has 2 heterocycles. The fourth-order valence-electron chi connectivity index (χ4n) is 3.00. The van der Waals surface area contributed by atoms with Crippen molar-refractivity contribution in [2.45, 2.75) is 31.8 Å². The van der Waals surface area contributed by atoms with Gasteiger partial charge in [-0.25, -0.2) is 4.79 Å². The Bertz CT molecular complexity index is 637. The minimum atomic E-state index is -0.563. The summed E-state index contributed by atoms with van der Waals surface area (Å²) in [7, 11) is 0. The van der Waals surface area contributed by atoms with Gasteiger partial charge in [-0.3, -0.25) is 9.59 Å². The lowest BCUT2D eigenvalue weighted by atomic mass is 10.2. The molecule has 0 aliphatic carbocycles. The molecule has 1 atom stereocenters. The van der Waals surface area contributed by atoms with E-state index >= 15 is 0 Å². The summed E-state index contributed by atoms with van der Waals surface area (Å²) < 4.78 is 10.4. The van der Waals surface area contributed by atoms with Crippen LogP contribution < -0.4 is 10.2 Å². The van der Waals surface area contributed by atoms with Crippen LogP contribution in [0.1, 0.15) is 36.0 Å². The molecule has 1 N–H and O–H groups in total. The minimum Gasteiger partial charge on any atom is -0.452 e. The molecule has 2 aliphatic rings. The van der Waals surface area contributed by atoms with Crippen LogP contribution in [-0.4, -0.2) is 50.2 Å². The van der Waals surface area contributed by atoms with Gasteiger partial charge in [-0.05, 0) is 43.5 Å². The van der Waals surface area contributed by atoms with E-state index in [9.17, 15) is 14.4 Å². The van der Waals surface area contributed by atoms with Gasteiger partial charge in [0.2, 0.25) is 5.91 Å². The Labute approximate surface area is 146 Å². The number of nitrogens with zero attached hydrogens (tertiary/aromatic N) is 1. The van der Waals surface area contributed by atoms with Crippen molar-refractivity contribution >= 4 is 23.5 Å². The molecule has 0 saturated carbocycles. The summed E-state index contributed by atoms with van der Waals surface area (Å²) in [5.74, 6) is -0.812. The van der Waals surface area contributed by atoms with Crippen molar-refractivity contribution in [2.75, 3.05) is 31.2 Å². The summed E-state index contributed by atoms with van der Waals surface area (Å²) in [5, 5.41) is 2.70. The molecular weight excluding hydrogens is 324 g/mol. The SMILES string of the molecule is O=C(COC(=O)c1ccc(N2CCCC2=O)cc1)NCC1CCCO1. The van der Waals surface area contributed by atoms with Gasteiger partial charge >= 0.3 is 5.97 Å². The number of carbonyl (C=O) groups excluding carboxylic acids is 3. The van der Waals surface area contributed by atoms with Crippen molar-refractivity contribution in [3.63, 3.8) is 0 Å². The average molecular weight is 346 g/mol. The van der Waals surface area contributed by atoms with Gasteiger partial charge in [0.15, 0.2) is 6.61 Å². The molecule has 7 heteroatoms. The van der Waals surface area contributed by atoms with E-state index in [1.54, 1.807) is 29.2 Å². The molecule has 2 aliphatic heterocycles. The van der Waals surface area contributed by atoms with E-state index in [4.69, 9.17) is 9.47 Å². The highest BCUT2D eigenvalue weighted by Gasteiger charge is 2.22. The predicted octanol–water partition coefficient (Wildman–Crippen LogP) is 1.27. The van der Waals surface area contributed by atoms with Gasteiger partial charge in [0.25, 0.3) is 5.91 Å². The van der Waals surface area contributed by atoms with Crippen LogP contribution in [0.3, 0.4) is 0 Å². The Kier molecular flexibility index (Phi) is 5.65. The molecule has 134 valence electrons. The molecule has 25 heavy (non-hydrogen) atoms. The first kappa shape index (κ1) is 17.4. The number of ether oxygens (including phenoxy) is 2. The van der Waals surface area contributed by atoms with Crippen LogP contribution in [0.5, 0.6) is 0 Å². The van der Waals surface area contributed by atoms with Crippen LogP contribution >= 0.6 is 0 Å². The molecule has 3 rings (SSSR count). The summed E-state index contributed by atoms with van der Waals surface area (Å²) >= 11 is 0. The summed E-state index contributed by atoms with van der Waals surface area (Å²) in [4.78, 5) is 37.1. The maximum absolute atomic E-state index is 12.0. The Morgan fingerprint density at radius 3 is 2.68 bits per heavy atom. The Balaban J connectivity index is 1.44. The summed E-state index contributed by atoms with van der Waals surface area (Å²) in [6, 6.07) is 6.65. The molecule has 0 radical (unpaired) electrons. The van der Waals surface area contributed by atoms with E-state index in [2.05, 4.69) is 5.32 Å². The molecule has 2 fully saturated rings. The van der Waals surface area contributed by atoms with E-state index in [1.165, 1.54) is 0 Å². The van der Waals surface area contributed by atoms with Gasteiger partial charge < -0.3 is 19.7 Å². The fraction of sp³-hybridized carbons (Fsp3) is 0.500. The monoisotopic (exact) mass is 346 g/mol. The lowest BCUT2D eigenvalue weighted by Crippen LogP contribution is -2.34. The lowest BCUT2D eigenvalue weighted by molar-refractivity contribution is -0.124. The molecule has 0 aromatic heterocycles. The normalized spacial score (nSPS) is 19.9. The van der Waals surface area contributed by atoms with E-state index in [0.29, 0.717) is 25.1 Å². The van der Waals surface area contributed by atoms with Crippen LogP contribution in [0.15, 0.2) is 24.3 Å². The first-order valence-corrected chi connectivity index (χ1v) is 8.59. The second-order valence-corrected chi connectivity index (χ2v) is 6.21. The number of hydrogen-bond acceptors (Lipinski definition) is 5. The number of anilines is 1. The molecule has 1 aromatic carbocycles. The number of esters is 1. The molecule has 7 nitrogen and oxygen atoms in total. The van der Waals surface area contributed by atoms with E-state index in [1.807, 2.05) is 0 Å². The van der Waals surface area contributed by atoms with Gasteiger partial charge in [-0.15, -0.1) is 0 Å². The van der Waals surface area contributed by atoms with E-state index < -0.39 is 5.97 Å². The van der Waals surface area contributed by atoms with Gasteiger partial charge in [-0.1, -0.05) is 0 Å². The van der Waals surface area contributed by atoms with Gasteiger partial charge in [0, 0.05) is 31.8 Å². The molecule has 0 spiro atoms. The number of rotatable bonds is 6. The average Bonchev–Trinajstić information content (AvgIpc) is 3.29. The zero-order valence-corrected chi connectivity index (χ0v) is 14.0. The third kappa shape index (κ3) is 4.57. The molecule has 0 bridgehead atoms. The number of nitrogens with one attached hydrogen (secondary N) is 1. The zero-order valence-electron chi connectivity index (χ0n) is 14.0. The Morgan fingerprint density at radius 2 is 2.04 bits per heavy atom. The van der Waals surface area contributed by atoms with Crippen molar-refractivity contribution in [3.05, 3.63) is 29.8 Å². The number of carbonyl (C=O) groups is 3. The van der Waals surface area contributed by atoms with Crippen molar-refractivity contribution < 1.29 is 23.9 Å². The Morgan fingerprint density at radius 1 is 1.24 bits per heavy atom. The second kappa shape index (κ2) is 8.11. The molecule has 2 saturated heterocycles. The number of benzene rings is 1. The van der Waals surface area contributed by atoms with Gasteiger partial charge in [0.05, 0.1) is 11.7 Å². The number of hydrogen-bond donors (Lipinski definition) is 1. The lowest BCUT2D eigenvalue weighted by Gasteiger charge is -2.15. The van der Waals surface area contributed by atoms with Crippen molar-refractivity contribution in [2.24, 2.45) is 0 Å². The maximum atomic E-state index is 12.0. The molecule has 2 amide bonds. The summed E-state index contributed by atoms with van der Waals surface area (Å²) in [5.41, 5.74) is 1.12. The molecular formula is C18H22N2O5. The summed E-state index contributed by atoms with van der Waals surface area (Å²) in [6.07, 6.45) is 3.41. The first-order valence-electron chi connectivity index (χ1n) is 8.59. The largest absolute Gasteiger partial charge is 0.452 e. The fourth-order valence-corrected chi connectivity index (χ4v) is 3.00. The van der Waals surface area contributed by atoms with Crippen LogP contribution in [-0.2, 0) is 19.1 Å². The third-order valence-corrected chi connectivity index (χ3v) is 4.37. The van der Waals surface area contributed by atoms with Crippen LogP contribution in [0, 0.1) is 0 Å². The minimum absolute atomic E-state index is 0.0560. The standard InChI is InChI=1S/C18H22N2O5/c21-16(19-11-15-3-2-10-24-15)12-25-18(23)13-5-7-14(8-6-13)20-9-1-4-17(20)22/h5-8,15H,1-4,9-12H2,(H,19,21). The van der Waals surface area contributed by atoms with Crippen LogP contribution in [0.4, 0.5) is 5.69 Å². The van der Waals surface area contributed by atoms with Crippen molar-refractivity contribution in [3.8, 4) is 0 Å². The Hall–Kier alpha value is -2.41. The van der Waals surface area contributed by atoms with Crippen LogP contribution in [0.25, 0.3) is 0 Å². The quantitative estimate of drug-likeness (QED) is 0.784. The van der Waals surface area contributed by atoms with E-state index in [-0.39, 0.29) is 24.5 Å². The number of amides is 2. The maximum Gasteiger partial charge on any atom is 0.338 e. The third-order valence-electron chi connectivity index (χ3n) is 4.37. The predicted molar refractivity (Wildman–Crippen MR) is 90.3 cm³/mol. The van der Waals surface area contributed by atoms with E-state index in [0.717, 1.165) is 31.6 Å². The highest BCUT2D eigenvalue weighted by molar-refractivity contribution is 5.96. The second-order valence-electron chi connectivity index (χ2n) is 6.21. The highest BCUT2D eigenvalue weighted by atomic mass is 16.5. The highest BCUT2D eigenvalue weighted by Crippen LogP contribution is 2.21. The molecule has 1 aromatic rings. The smallest absolute Gasteiger partial charge is 0.338 e. The van der Waals surface area contributed by atoms with Crippen molar-refractivity contribution in [1.82, 2.24) is 5.32 Å². The van der Waals surface area contributed by atoms with Gasteiger partial charge in [0.1, 0.15) is 0 Å². The first-order chi connectivity index (χ1) is 12.1. The van der Waals surface area contributed by atoms with Crippen LogP contribution in [0.2, 0.25) is 0 Å². The molecule has 1 unspecified atom stereocenters. The van der Waals surface area contributed by atoms with Gasteiger partial charge in [-0.2, -0.15) is 0 Å². The topological polar surface area (TPSA) is 84.9 Å². The zero-order chi connectivity index (χ0) is 17.6. The van der Waals surface area contributed by atoms with Crippen molar-refractivity contribution in [1.29, 1.82) is 0 Å². The summed E-state index contributed by atoms with van der Waals surface area (Å²) in [6.45, 7) is 1.55.